The van der Waals surface area contributed by atoms with Crippen molar-refractivity contribution in [3.8, 4) is 5.75 Å². The van der Waals surface area contributed by atoms with E-state index in [1.165, 1.54) is 5.56 Å². The van der Waals surface area contributed by atoms with Crippen molar-refractivity contribution in [1.29, 1.82) is 0 Å². The molecule has 0 atom stereocenters. The van der Waals surface area contributed by atoms with E-state index < -0.39 is 0 Å². The molecule has 0 heterocycles. The summed E-state index contributed by atoms with van der Waals surface area (Å²) in [6, 6.07) is 14.9. The highest BCUT2D eigenvalue weighted by molar-refractivity contribution is 5.98. The molecule has 0 aliphatic heterocycles. The summed E-state index contributed by atoms with van der Waals surface area (Å²) in [6.45, 7) is 4.55. The molecule has 0 unspecified atom stereocenters. The Bertz CT molecular complexity index is 843. The molecule has 2 aromatic rings. The van der Waals surface area contributed by atoms with Crippen LogP contribution in [0.15, 0.2) is 48.5 Å². The van der Waals surface area contributed by atoms with Crippen LogP contribution in [0.4, 0.5) is 0 Å². The van der Waals surface area contributed by atoms with Crippen molar-refractivity contribution in [3.63, 3.8) is 0 Å². The Morgan fingerprint density at radius 2 is 1.47 bits per heavy atom. The lowest BCUT2D eigenvalue weighted by Gasteiger charge is -2.08. The number of methoxy groups -OCH3 is 1. The Morgan fingerprint density at radius 1 is 0.833 bits per heavy atom. The van der Waals surface area contributed by atoms with E-state index in [0.29, 0.717) is 18.0 Å². The summed E-state index contributed by atoms with van der Waals surface area (Å²) in [6.07, 6.45) is 1.14. The quantitative estimate of drug-likeness (QED) is 0.557. The number of carbonyl (C=O) groups is 3. The number of carbonyl (C=O) groups excluding carboxylic acids is 3. The second-order valence-corrected chi connectivity index (χ2v) is 7.62. The van der Waals surface area contributed by atoms with Gasteiger partial charge >= 0.3 is 0 Å². The molecule has 0 saturated carbocycles. The molecule has 0 fully saturated rings. The van der Waals surface area contributed by atoms with Gasteiger partial charge in [-0.25, -0.2) is 0 Å². The van der Waals surface area contributed by atoms with Crippen LogP contribution in [0.5, 0.6) is 5.75 Å². The minimum atomic E-state index is -0.320. The summed E-state index contributed by atoms with van der Waals surface area (Å²) >= 11 is 0. The minimum Gasteiger partial charge on any atom is -0.497 e. The topological polar surface area (TPSA) is 84.5 Å². The van der Waals surface area contributed by atoms with Crippen LogP contribution < -0.4 is 15.4 Å². The van der Waals surface area contributed by atoms with Crippen molar-refractivity contribution in [2.45, 2.75) is 39.7 Å². The van der Waals surface area contributed by atoms with Gasteiger partial charge in [-0.2, -0.15) is 0 Å². The maximum absolute atomic E-state index is 12.3. The highest BCUT2D eigenvalue weighted by Gasteiger charge is 2.11. The van der Waals surface area contributed by atoms with Crippen LogP contribution in [0.1, 0.15) is 48.2 Å². The van der Waals surface area contributed by atoms with Gasteiger partial charge < -0.3 is 15.4 Å². The van der Waals surface area contributed by atoms with Crippen LogP contribution in [0.2, 0.25) is 0 Å². The smallest absolute Gasteiger partial charge is 0.239 e. The molecule has 0 saturated heterocycles. The first kappa shape index (κ1) is 23.1. The molecule has 2 aromatic carbocycles. The lowest BCUT2D eigenvalue weighted by atomic mass is 9.99. The van der Waals surface area contributed by atoms with Gasteiger partial charge in [-0.15, -0.1) is 0 Å². The van der Waals surface area contributed by atoms with Crippen LogP contribution in [0, 0.1) is 5.92 Å². The zero-order valence-corrected chi connectivity index (χ0v) is 17.9. The number of benzene rings is 2. The van der Waals surface area contributed by atoms with Crippen LogP contribution in [-0.2, 0) is 22.6 Å². The van der Waals surface area contributed by atoms with E-state index in [-0.39, 0.29) is 37.0 Å². The number of rotatable bonds is 11. The number of amides is 2. The standard InChI is InChI=1S/C24H30N2O4/c1-17(2)14-18-4-8-20(9-5-18)22(27)12-13-23(28)26-16-24(29)25-15-19-6-10-21(30-3)11-7-19/h4-11,17H,12-16H2,1-3H3,(H,25,29)(H,26,28). The van der Waals surface area contributed by atoms with Gasteiger partial charge in [0.2, 0.25) is 11.8 Å². The Balaban J connectivity index is 1.67. The highest BCUT2D eigenvalue weighted by atomic mass is 16.5. The second kappa shape index (κ2) is 11.8. The Hall–Kier alpha value is -3.15. The van der Waals surface area contributed by atoms with Crippen molar-refractivity contribution < 1.29 is 19.1 Å². The molecular formula is C24H30N2O4. The highest BCUT2D eigenvalue weighted by Crippen LogP contribution is 2.12. The Morgan fingerprint density at radius 3 is 2.07 bits per heavy atom. The average molecular weight is 411 g/mol. The van der Waals surface area contributed by atoms with E-state index in [2.05, 4.69) is 24.5 Å². The van der Waals surface area contributed by atoms with Gasteiger partial charge in [0.15, 0.2) is 5.78 Å². The summed E-state index contributed by atoms with van der Waals surface area (Å²) in [5.41, 5.74) is 2.73. The Labute approximate surface area is 178 Å². The molecule has 2 amide bonds. The van der Waals surface area contributed by atoms with E-state index in [4.69, 9.17) is 4.74 Å². The van der Waals surface area contributed by atoms with E-state index in [9.17, 15) is 14.4 Å². The van der Waals surface area contributed by atoms with Gasteiger partial charge in [0.05, 0.1) is 13.7 Å². The summed E-state index contributed by atoms with van der Waals surface area (Å²) < 4.78 is 5.09. The fourth-order valence-electron chi connectivity index (χ4n) is 2.94. The van der Waals surface area contributed by atoms with Crippen molar-refractivity contribution >= 4 is 17.6 Å². The van der Waals surface area contributed by atoms with E-state index in [0.717, 1.165) is 17.7 Å². The maximum atomic E-state index is 12.3. The molecule has 6 nitrogen and oxygen atoms in total. The van der Waals surface area contributed by atoms with Gasteiger partial charge in [-0.1, -0.05) is 50.2 Å². The van der Waals surface area contributed by atoms with Crippen molar-refractivity contribution in [2.24, 2.45) is 5.92 Å². The predicted octanol–water partition coefficient (Wildman–Crippen LogP) is 3.29. The molecular weight excluding hydrogens is 380 g/mol. The number of ketones is 1. The first-order valence-corrected chi connectivity index (χ1v) is 10.2. The lowest BCUT2D eigenvalue weighted by Crippen LogP contribution is -2.36. The summed E-state index contributed by atoms with van der Waals surface area (Å²) in [5.74, 6) is 0.623. The fourth-order valence-corrected chi connectivity index (χ4v) is 2.94. The van der Waals surface area contributed by atoms with Crippen LogP contribution >= 0.6 is 0 Å². The van der Waals surface area contributed by atoms with E-state index >= 15 is 0 Å². The number of hydrogen-bond acceptors (Lipinski definition) is 4. The van der Waals surface area contributed by atoms with Crippen LogP contribution in [0.3, 0.4) is 0 Å². The number of hydrogen-bond donors (Lipinski definition) is 2. The van der Waals surface area contributed by atoms with Crippen LogP contribution in [-0.4, -0.2) is 31.3 Å². The predicted molar refractivity (Wildman–Crippen MR) is 116 cm³/mol. The number of ether oxygens (including phenoxy) is 1. The first-order chi connectivity index (χ1) is 14.4. The van der Waals surface area contributed by atoms with Crippen molar-refractivity contribution in [2.75, 3.05) is 13.7 Å². The first-order valence-electron chi connectivity index (χ1n) is 10.2. The molecule has 6 heteroatoms. The summed E-state index contributed by atoms with van der Waals surface area (Å²) in [5, 5.41) is 5.29. The molecule has 2 rings (SSSR count). The molecule has 160 valence electrons. The molecule has 0 aromatic heterocycles. The molecule has 0 radical (unpaired) electrons. The average Bonchev–Trinajstić information content (AvgIpc) is 2.75. The minimum absolute atomic E-state index is 0.0539. The fraction of sp³-hybridized carbons (Fsp3) is 0.375. The SMILES string of the molecule is COc1ccc(CNC(=O)CNC(=O)CCC(=O)c2ccc(CC(C)C)cc2)cc1. The molecule has 0 spiro atoms. The third kappa shape index (κ3) is 8.07. The zero-order chi connectivity index (χ0) is 21.9. The Kier molecular flexibility index (Phi) is 9.06. The summed E-state index contributed by atoms with van der Waals surface area (Å²) in [4.78, 5) is 36.1. The molecule has 0 aliphatic rings. The van der Waals surface area contributed by atoms with Crippen molar-refractivity contribution in [1.82, 2.24) is 10.6 Å². The van der Waals surface area contributed by atoms with Crippen LogP contribution in [0.25, 0.3) is 0 Å². The molecule has 0 aliphatic carbocycles. The number of Topliss-reactive ketones (excluding diaryl/α,β-unsaturated/α-hetero) is 1. The molecule has 2 N–H and O–H groups in total. The molecule has 0 bridgehead atoms. The third-order valence-electron chi connectivity index (χ3n) is 4.59. The molecule has 30 heavy (non-hydrogen) atoms. The lowest BCUT2D eigenvalue weighted by molar-refractivity contribution is -0.126. The summed E-state index contributed by atoms with van der Waals surface area (Å²) in [7, 11) is 1.59. The van der Waals surface area contributed by atoms with E-state index in [1.54, 1.807) is 7.11 Å². The zero-order valence-electron chi connectivity index (χ0n) is 17.9. The van der Waals surface area contributed by atoms with Gasteiger partial charge in [0.1, 0.15) is 5.75 Å². The normalized spacial score (nSPS) is 10.5. The maximum Gasteiger partial charge on any atom is 0.239 e. The van der Waals surface area contributed by atoms with Gasteiger partial charge in [0.25, 0.3) is 0 Å². The second-order valence-electron chi connectivity index (χ2n) is 7.62. The van der Waals surface area contributed by atoms with Gasteiger partial charge in [-0.05, 0) is 35.6 Å². The van der Waals surface area contributed by atoms with Gasteiger partial charge in [-0.3, -0.25) is 14.4 Å². The van der Waals surface area contributed by atoms with Gasteiger partial charge in [0, 0.05) is 24.9 Å². The monoisotopic (exact) mass is 410 g/mol. The third-order valence-corrected chi connectivity index (χ3v) is 4.59. The number of nitrogens with one attached hydrogen (secondary N) is 2. The largest absolute Gasteiger partial charge is 0.497 e. The van der Waals surface area contributed by atoms with E-state index in [1.807, 2.05) is 48.5 Å². The van der Waals surface area contributed by atoms with Crippen molar-refractivity contribution in [3.05, 3.63) is 65.2 Å².